The van der Waals surface area contributed by atoms with Crippen molar-refractivity contribution >= 4 is 0 Å². The number of hydrogen-bond acceptors (Lipinski definition) is 2. The van der Waals surface area contributed by atoms with Crippen molar-refractivity contribution in [3.8, 4) is 0 Å². The molecule has 0 saturated heterocycles. The second-order valence-electron chi connectivity index (χ2n) is 3.61. The first-order valence-corrected chi connectivity index (χ1v) is 4.71. The van der Waals surface area contributed by atoms with Gasteiger partial charge in [-0.2, -0.15) is 0 Å². The molecule has 2 N–H and O–H groups in total. The summed E-state index contributed by atoms with van der Waals surface area (Å²) in [5, 5.41) is 18.4. The van der Waals surface area contributed by atoms with Gasteiger partial charge in [0.2, 0.25) is 0 Å². The van der Waals surface area contributed by atoms with Crippen molar-refractivity contribution in [1.29, 1.82) is 0 Å². The van der Waals surface area contributed by atoms with Crippen LogP contribution in [-0.4, -0.2) is 22.9 Å². The number of hydrogen-bond donors (Lipinski definition) is 2. The van der Waals surface area contributed by atoms with Crippen LogP contribution in [-0.2, 0) is 0 Å². The highest BCUT2D eigenvalue weighted by Gasteiger charge is 2.23. The summed E-state index contributed by atoms with van der Waals surface area (Å²) in [4.78, 5) is 0. The summed E-state index contributed by atoms with van der Waals surface area (Å²) < 4.78 is 0. The zero-order valence-corrected chi connectivity index (χ0v) is 7.61. The Morgan fingerprint density at radius 2 is 2.33 bits per heavy atom. The minimum atomic E-state index is -0.400. The van der Waals surface area contributed by atoms with Crippen LogP contribution in [0.4, 0.5) is 0 Å². The van der Waals surface area contributed by atoms with E-state index >= 15 is 0 Å². The molecule has 0 aromatic rings. The fraction of sp³-hybridized carbons (Fsp3) is 0.800. The summed E-state index contributed by atoms with van der Waals surface area (Å²) in [5.41, 5.74) is 0. The Morgan fingerprint density at radius 3 is 2.75 bits per heavy atom. The first-order valence-electron chi connectivity index (χ1n) is 4.71. The molecule has 0 aliphatic heterocycles. The van der Waals surface area contributed by atoms with E-state index in [0.29, 0.717) is 5.92 Å². The van der Waals surface area contributed by atoms with Crippen LogP contribution in [0.3, 0.4) is 0 Å². The van der Waals surface area contributed by atoms with Crippen LogP contribution >= 0.6 is 0 Å². The SMILES string of the molecule is CC(O)C(CO)C1C=CCCC1. The molecule has 0 saturated carbocycles. The van der Waals surface area contributed by atoms with Crippen LogP contribution in [0.1, 0.15) is 26.2 Å². The van der Waals surface area contributed by atoms with E-state index in [9.17, 15) is 5.11 Å². The molecule has 0 radical (unpaired) electrons. The third-order valence-electron chi connectivity index (χ3n) is 2.67. The van der Waals surface area contributed by atoms with Gasteiger partial charge in [-0.15, -0.1) is 0 Å². The summed E-state index contributed by atoms with van der Waals surface area (Å²) in [6, 6.07) is 0. The van der Waals surface area contributed by atoms with Gasteiger partial charge in [0.05, 0.1) is 6.10 Å². The Bertz CT molecular complexity index is 152. The number of allylic oxidation sites excluding steroid dienone is 2. The Kier molecular flexibility index (Phi) is 3.76. The van der Waals surface area contributed by atoms with Gasteiger partial charge in [-0.1, -0.05) is 12.2 Å². The highest BCUT2D eigenvalue weighted by Crippen LogP contribution is 2.26. The quantitative estimate of drug-likeness (QED) is 0.627. The molecule has 2 nitrogen and oxygen atoms in total. The minimum Gasteiger partial charge on any atom is -0.396 e. The van der Waals surface area contributed by atoms with Gasteiger partial charge in [-0.3, -0.25) is 0 Å². The maximum Gasteiger partial charge on any atom is 0.0567 e. The molecule has 1 rings (SSSR count). The van der Waals surface area contributed by atoms with E-state index in [-0.39, 0.29) is 12.5 Å². The van der Waals surface area contributed by atoms with Crippen molar-refractivity contribution in [3.63, 3.8) is 0 Å². The molecular weight excluding hydrogens is 152 g/mol. The van der Waals surface area contributed by atoms with Gasteiger partial charge in [-0.05, 0) is 32.1 Å². The molecule has 0 aromatic heterocycles. The van der Waals surface area contributed by atoms with E-state index in [1.54, 1.807) is 6.92 Å². The van der Waals surface area contributed by atoms with Crippen molar-refractivity contribution in [1.82, 2.24) is 0 Å². The lowest BCUT2D eigenvalue weighted by molar-refractivity contribution is 0.0530. The van der Waals surface area contributed by atoms with E-state index in [0.717, 1.165) is 12.8 Å². The third-order valence-corrected chi connectivity index (χ3v) is 2.67. The Balaban J connectivity index is 2.52. The lowest BCUT2D eigenvalue weighted by Crippen LogP contribution is -2.28. The zero-order chi connectivity index (χ0) is 8.97. The summed E-state index contributed by atoms with van der Waals surface area (Å²) in [7, 11) is 0. The smallest absolute Gasteiger partial charge is 0.0567 e. The standard InChI is InChI=1S/C10H18O2/c1-8(12)10(7-11)9-5-3-2-4-6-9/h3,5,8-12H,2,4,6-7H2,1H3. The fourth-order valence-corrected chi connectivity index (χ4v) is 1.84. The summed E-state index contributed by atoms with van der Waals surface area (Å²) in [6.07, 6.45) is 7.32. The highest BCUT2D eigenvalue weighted by atomic mass is 16.3. The van der Waals surface area contributed by atoms with E-state index in [2.05, 4.69) is 12.2 Å². The van der Waals surface area contributed by atoms with Crippen LogP contribution < -0.4 is 0 Å². The van der Waals surface area contributed by atoms with Crippen molar-refractivity contribution < 1.29 is 10.2 Å². The summed E-state index contributed by atoms with van der Waals surface area (Å²) >= 11 is 0. The van der Waals surface area contributed by atoms with Crippen LogP contribution in [0.2, 0.25) is 0 Å². The number of aliphatic hydroxyl groups is 2. The summed E-state index contributed by atoms with van der Waals surface area (Å²) in [6.45, 7) is 1.84. The number of rotatable bonds is 3. The topological polar surface area (TPSA) is 40.5 Å². The maximum atomic E-state index is 9.37. The van der Waals surface area contributed by atoms with Gasteiger partial charge in [0.15, 0.2) is 0 Å². The second kappa shape index (κ2) is 4.63. The molecule has 0 bridgehead atoms. The van der Waals surface area contributed by atoms with E-state index < -0.39 is 6.10 Å². The highest BCUT2D eigenvalue weighted by molar-refractivity contribution is 4.96. The fourth-order valence-electron chi connectivity index (χ4n) is 1.84. The minimum absolute atomic E-state index is 0.0292. The number of aliphatic hydroxyl groups excluding tert-OH is 2. The van der Waals surface area contributed by atoms with Crippen molar-refractivity contribution in [2.24, 2.45) is 11.8 Å². The van der Waals surface area contributed by atoms with Gasteiger partial charge in [-0.25, -0.2) is 0 Å². The predicted octanol–water partition coefficient (Wildman–Crippen LogP) is 1.33. The zero-order valence-electron chi connectivity index (χ0n) is 7.61. The van der Waals surface area contributed by atoms with Gasteiger partial charge >= 0.3 is 0 Å². The Labute approximate surface area is 73.9 Å². The third kappa shape index (κ3) is 2.32. The molecule has 1 aliphatic carbocycles. The van der Waals surface area contributed by atoms with Crippen LogP contribution in [0.25, 0.3) is 0 Å². The largest absolute Gasteiger partial charge is 0.396 e. The molecule has 0 spiro atoms. The van der Waals surface area contributed by atoms with Crippen LogP contribution in [0, 0.1) is 11.8 Å². The van der Waals surface area contributed by atoms with E-state index in [4.69, 9.17) is 5.11 Å². The van der Waals surface area contributed by atoms with Crippen molar-refractivity contribution in [2.45, 2.75) is 32.3 Å². The predicted molar refractivity (Wildman–Crippen MR) is 48.7 cm³/mol. The first kappa shape index (κ1) is 9.75. The molecule has 1 aliphatic rings. The molecule has 12 heavy (non-hydrogen) atoms. The van der Waals surface area contributed by atoms with Gasteiger partial charge in [0.25, 0.3) is 0 Å². The normalized spacial score (nSPS) is 28.4. The van der Waals surface area contributed by atoms with Crippen LogP contribution in [0.15, 0.2) is 12.2 Å². The van der Waals surface area contributed by atoms with Gasteiger partial charge in [0, 0.05) is 12.5 Å². The second-order valence-corrected chi connectivity index (χ2v) is 3.61. The molecule has 3 unspecified atom stereocenters. The molecule has 0 amide bonds. The molecule has 3 atom stereocenters. The van der Waals surface area contributed by atoms with Gasteiger partial charge in [0.1, 0.15) is 0 Å². The lowest BCUT2D eigenvalue weighted by atomic mass is 9.82. The molecule has 2 heteroatoms. The molecule has 0 heterocycles. The summed E-state index contributed by atoms with van der Waals surface area (Å²) in [5.74, 6) is 0.408. The Morgan fingerprint density at radius 1 is 1.58 bits per heavy atom. The van der Waals surface area contributed by atoms with E-state index in [1.807, 2.05) is 0 Å². The maximum absolute atomic E-state index is 9.37. The average molecular weight is 170 g/mol. The van der Waals surface area contributed by atoms with Crippen molar-refractivity contribution in [2.75, 3.05) is 6.61 Å². The monoisotopic (exact) mass is 170 g/mol. The van der Waals surface area contributed by atoms with Crippen LogP contribution in [0.5, 0.6) is 0 Å². The lowest BCUT2D eigenvalue weighted by Gasteiger charge is -2.27. The molecule has 70 valence electrons. The van der Waals surface area contributed by atoms with Gasteiger partial charge < -0.3 is 10.2 Å². The van der Waals surface area contributed by atoms with E-state index in [1.165, 1.54) is 6.42 Å². The first-order chi connectivity index (χ1) is 5.75. The molecule has 0 fully saturated rings. The molecule has 0 aromatic carbocycles. The molecular formula is C10H18O2. The van der Waals surface area contributed by atoms with Crippen molar-refractivity contribution in [3.05, 3.63) is 12.2 Å². The average Bonchev–Trinajstić information content (AvgIpc) is 2.07. The Hall–Kier alpha value is -0.340.